The molecule has 0 spiro atoms. The third kappa shape index (κ3) is 1.64. The molecule has 1 heterocycles. The van der Waals surface area contributed by atoms with Crippen LogP contribution in [-0.2, 0) is 9.59 Å². The number of amides is 2. The van der Waals surface area contributed by atoms with Crippen molar-refractivity contribution in [3.8, 4) is 6.07 Å². The number of likely N-dealkylation sites (N-methyl/N-ethyl adjacent to an activating group) is 1. The van der Waals surface area contributed by atoms with Gasteiger partial charge in [-0.3, -0.25) is 0 Å². The summed E-state index contributed by atoms with van der Waals surface area (Å²) >= 11 is 3.14. The van der Waals surface area contributed by atoms with Gasteiger partial charge >= 0.3 is 11.8 Å². The van der Waals surface area contributed by atoms with Crippen molar-refractivity contribution in [3.63, 3.8) is 0 Å². The van der Waals surface area contributed by atoms with Gasteiger partial charge in [0.15, 0.2) is 6.54 Å². The molecule has 0 aromatic carbocycles. The quantitative estimate of drug-likeness (QED) is 0.433. The van der Waals surface area contributed by atoms with Crippen LogP contribution in [0.2, 0.25) is 0 Å². The molecule has 4 nitrogen and oxygen atoms in total. The maximum absolute atomic E-state index is 12.0. The lowest BCUT2D eigenvalue weighted by Gasteiger charge is -2.20. The number of halogens is 1. The lowest BCUT2D eigenvalue weighted by Crippen LogP contribution is -2.50. The molecule has 5 heteroatoms. The Kier molecular flexibility index (Phi) is 3.12. The molecule has 0 N–H and O–H groups in total. The van der Waals surface area contributed by atoms with Gasteiger partial charge in [0.2, 0.25) is 0 Å². The van der Waals surface area contributed by atoms with Gasteiger partial charge in [-0.05, 0) is 21.8 Å². The van der Waals surface area contributed by atoms with Crippen molar-refractivity contribution in [1.82, 2.24) is 0 Å². The van der Waals surface area contributed by atoms with E-state index in [0.29, 0.717) is 10.1 Å². The Balaban J connectivity index is 3.24. The van der Waals surface area contributed by atoms with E-state index in [1.165, 1.54) is 7.05 Å². The SMILES string of the molecule is CC(C)C1=C(Br)C(=O)[N+](C)(CC#N)C1=O. The largest absolute Gasteiger partial charge is 0.361 e. The van der Waals surface area contributed by atoms with Crippen LogP contribution in [0.25, 0.3) is 0 Å². The molecule has 2 amide bonds. The van der Waals surface area contributed by atoms with E-state index >= 15 is 0 Å². The maximum Gasteiger partial charge on any atom is 0.361 e. The van der Waals surface area contributed by atoms with Gasteiger partial charge in [0, 0.05) is 0 Å². The van der Waals surface area contributed by atoms with E-state index in [4.69, 9.17) is 5.26 Å². The molecule has 0 aliphatic carbocycles. The first-order valence-electron chi connectivity index (χ1n) is 4.58. The fraction of sp³-hybridized carbons (Fsp3) is 0.500. The topological polar surface area (TPSA) is 57.9 Å². The van der Waals surface area contributed by atoms with Crippen LogP contribution in [0.1, 0.15) is 13.8 Å². The second-order valence-corrected chi connectivity index (χ2v) is 4.79. The molecule has 1 aliphatic rings. The summed E-state index contributed by atoms with van der Waals surface area (Å²) in [4.78, 5) is 23.8. The number of rotatable bonds is 2. The number of imide groups is 1. The van der Waals surface area contributed by atoms with Gasteiger partial charge in [-0.15, -0.1) is 0 Å². The molecule has 0 radical (unpaired) electrons. The van der Waals surface area contributed by atoms with E-state index in [0.717, 1.165) is 0 Å². The van der Waals surface area contributed by atoms with Crippen LogP contribution in [-0.4, -0.2) is 29.9 Å². The minimum absolute atomic E-state index is 0.0190. The number of carbonyl (C=O) groups is 2. The van der Waals surface area contributed by atoms with E-state index in [2.05, 4.69) is 15.9 Å². The van der Waals surface area contributed by atoms with Crippen molar-refractivity contribution in [2.45, 2.75) is 13.8 Å². The molecule has 1 rings (SSSR count). The number of hydrogen-bond donors (Lipinski definition) is 0. The number of hydrogen-bond acceptors (Lipinski definition) is 3. The lowest BCUT2D eigenvalue weighted by atomic mass is 10.0. The van der Waals surface area contributed by atoms with Crippen LogP contribution in [0.4, 0.5) is 0 Å². The standard InChI is InChI=1S/C10H12BrN2O2/c1-6(2)7-8(11)10(15)13(3,5-4-12)9(7)14/h6H,5H2,1-3H3/q+1. The van der Waals surface area contributed by atoms with Crippen molar-refractivity contribution in [1.29, 1.82) is 5.26 Å². The molecule has 0 bridgehead atoms. The summed E-state index contributed by atoms with van der Waals surface area (Å²) in [6, 6.07) is 1.87. The summed E-state index contributed by atoms with van der Waals surface area (Å²) in [5.41, 5.74) is 0.484. The van der Waals surface area contributed by atoms with Gasteiger partial charge in [0.25, 0.3) is 0 Å². The lowest BCUT2D eigenvalue weighted by molar-refractivity contribution is -0.742. The summed E-state index contributed by atoms with van der Waals surface area (Å²) in [7, 11) is 1.48. The monoisotopic (exact) mass is 271 g/mol. The zero-order chi connectivity index (χ0) is 11.8. The molecular formula is C10H12BrN2O2+. The van der Waals surface area contributed by atoms with Crippen molar-refractivity contribution in [2.24, 2.45) is 5.92 Å². The van der Waals surface area contributed by atoms with Gasteiger partial charge in [-0.1, -0.05) is 13.8 Å². The van der Waals surface area contributed by atoms with E-state index in [1.54, 1.807) is 0 Å². The van der Waals surface area contributed by atoms with Crippen LogP contribution < -0.4 is 0 Å². The van der Waals surface area contributed by atoms with Crippen molar-refractivity contribution >= 4 is 27.7 Å². The highest BCUT2D eigenvalue weighted by Crippen LogP contribution is 2.34. The minimum Gasteiger partial charge on any atom is -0.225 e. The van der Waals surface area contributed by atoms with Crippen LogP contribution in [0.5, 0.6) is 0 Å². The van der Waals surface area contributed by atoms with E-state index in [-0.39, 0.29) is 24.3 Å². The Hall–Kier alpha value is -0.990. The Labute approximate surface area is 96.9 Å². The summed E-state index contributed by atoms with van der Waals surface area (Å²) in [5.74, 6) is -0.622. The smallest absolute Gasteiger partial charge is 0.225 e. The van der Waals surface area contributed by atoms with Crippen LogP contribution in [0, 0.1) is 17.2 Å². The molecule has 1 unspecified atom stereocenters. The summed E-state index contributed by atoms with van der Waals surface area (Å²) in [6.45, 7) is 3.58. The summed E-state index contributed by atoms with van der Waals surface area (Å²) in [5, 5.41) is 8.63. The van der Waals surface area contributed by atoms with Gasteiger partial charge in [0.05, 0.1) is 12.6 Å². The second kappa shape index (κ2) is 3.87. The second-order valence-electron chi connectivity index (χ2n) is 4.00. The summed E-state index contributed by atoms with van der Waals surface area (Å²) in [6.07, 6.45) is 0. The van der Waals surface area contributed by atoms with Crippen LogP contribution >= 0.6 is 15.9 Å². The number of nitriles is 1. The van der Waals surface area contributed by atoms with Gasteiger partial charge in [0.1, 0.15) is 10.6 Å². The highest BCUT2D eigenvalue weighted by atomic mass is 79.9. The first-order valence-corrected chi connectivity index (χ1v) is 5.37. The Bertz CT molecular complexity index is 406. The van der Waals surface area contributed by atoms with Crippen LogP contribution in [0.3, 0.4) is 0 Å². The number of carbonyl (C=O) groups excluding carboxylic acids is 2. The van der Waals surface area contributed by atoms with Gasteiger partial charge in [-0.25, -0.2) is 9.59 Å². The van der Waals surface area contributed by atoms with Crippen molar-refractivity contribution in [3.05, 3.63) is 10.1 Å². The Morgan fingerprint density at radius 3 is 2.27 bits per heavy atom. The zero-order valence-electron chi connectivity index (χ0n) is 8.87. The van der Waals surface area contributed by atoms with Crippen LogP contribution in [0.15, 0.2) is 10.1 Å². The van der Waals surface area contributed by atoms with Crippen molar-refractivity contribution < 1.29 is 14.1 Å². The van der Waals surface area contributed by atoms with E-state index in [1.807, 2.05) is 19.9 Å². The zero-order valence-corrected chi connectivity index (χ0v) is 10.5. The van der Waals surface area contributed by atoms with Gasteiger partial charge < -0.3 is 0 Å². The Morgan fingerprint density at radius 1 is 1.40 bits per heavy atom. The third-order valence-corrected chi connectivity index (χ3v) is 3.28. The molecule has 0 aromatic heterocycles. The fourth-order valence-corrected chi connectivity index (χ4v) is 2.59. The van der Waals surface area contributed by atoms with Crippen molar-refractivity contribution in [2.75, 3.05) is 13.6 Å². The third-order valence-electron chi connectivity index (χ3n) is 2.52. The number of nitrogens with zero attached hydrogens (tertiary/aromatic N) is 2. The average molecular weight is 272 g/mol. The molecule has 1 aliphatic heterocycles. The number of quaternary nitrogens is 1. The maximum atomic E-state index is 12.0. The fourth-order valence-electron chi connectivity index (χ4n) is 1.57. The molecular weight excluding hydrogens is 260 g/mol. The predicted molar refractivity (Wildman–Crippen MR) is 57.5 cm³/mol. The molecule has 1 atom stereocenters. The molecule has 0 fully saturated rings. The van der Waals surface area contributed by atoms with Gasteiger partial charge in [-0.2, -0.15) is 9.74 Å². The van der Waals surface area contributed by atoms with E-state index in [9.17, 15) is 9.59 Å². The Morgan fingerprint density at radius 2 is 1.93 bits per heavy atom. The summed E-state index contributed by atoms with van der Waals surface area (Å²) < 4.78 is -0.148. The minimum atomic E-state index is -0.468. The molecule has 80 valence electrons. The highest BCUT2D eigenvalue weighted by Gasteiger charge is 2.52. The molecule has 0 aromatic rings. The average Bonchev–Trinajstić information content (AvgIpc) is 2.30. The highest BCUT2D eigenvalue weighted by molar-refractivity contribution is 9.12. The predicted octanol–water partition coefficient (Wildman–Crippen LogP) is 1.33. The normalized spacial score (nSPS) is 26.4. The molecule has 0 saturated heterocycles. The first kappa shape index (κ1) is 12.1. The molecule has 0 saturated carbocycles. The molecule has 15 heavy (non-hydrogen) atoms. The first-order chi connectivity index (χ1) is 6.86. The van der Waals surface area contributed by atoms with E-state index < -0.39 is 4.48 Å².